The standard InChI is InChI=1S/C15H23.ClHO4/c1-14(2,3)12-8-7-9-13(11-10-12)15(4,5)6;2-1(3,4)5/h7-11H,1-6H3;(H,2,3,4,5)/q+1;/p-1. The van der Waals surface area contributed by atoms with Crippen LogP contribution in [0.5, 0.6) is 0 Å². The summed E-state index contributed by atoms with van der Waals surface area (Å²) < 4.78 is 34.0. The van der Waals surface area contributed by atoms with Crippen LogP contribution in [0.2, 0.25) is 0 Å². The fourth-order valence-corrected chi connectivity index (χ4v) is 1.55. The van der Waals surface area contributed by atoms with Crippen LogP contribution in [-0.4, -0.2) is 0 Å². The predicted octanol–water partition coefficient (Wildman–Crippen LogP) is -0.193. The second-order valence-corrected chi connectivity index (χ2v) is 7.40. The van der Waals surface area contributed by atoms with E-state index in [0.717, 1.165) is 0 Å². The third kappa shape index (κ3) is 9.18. The molecule has 0 bridgehead atoms. The van der Waals surface area contributed by atoms with Gasteiger partial charge in [-0.3, -0.25) is 0 Å². The van der Waals surface area contributed by atoms with Crippen LogP contribution < -0.4 is 18.6 Å². The van der Waals surface area contributed by atoms with Gasteiger partial charge >= 0.3 is 0 Å². The van der Waals surface area contributed by atoms with Gasteiger partial charge < -0.3 is 0 Å². The molecule has 0 aliphatic rings. The molecule has 0 aromatic heterocycles. The minimum atomic E-state index is -4.94. The van der Waals surface area contributed by atoms with Gasteiger partial charge in [0.25, 0.3) is 0 Å². The van der Waals surface area contributed by atoms with Crippen molar-refractivity contribution in [1.29, 1.82) is 0 Å². The first-order chi connectivity index (χ1) is 8.71. The predicted molar refractivity (Wildman–Crippen MR) is 68.2 cm³/mol. The highest BCUT2D eigenvalue weighted by Gasteiger charge is 2.20. The molecule has 1 aromatic carbocycles. The van der Waals surface area contributed by atoms with Crippen LogP contribution in [0.3, 0.4) is 0 Å². The molecule has 0 N–H and O–H groups in total. The van der Waals surface area contributed by atoms with Crippen LogP contribution in [0.15, 0.2) is 30.3 Å². The van der Waals surface area contributed by atoms with E-state index in [1.54, 1.807) is 0 Å². The molecule has 0 spiro atoms. The van der Waals surface area contributed by atoms with Gasteiger partial charge in [0.1, 0.15) is 0 Å². The summed E-state index contributed by atoms with van der Waals surface area (Å²) >= 11 is 0. The highest BCUT2D eigenvalue weighted by molar-refractivity contribution is 5.28. The zero-order valence-electron chi connectivity index (χ0n) is 12.9. The molecule has 20 heavy (non-hydrogen) atoms. The summed E-state index contributed by atoms with van der Waals surface area (Å²) in [5.74, 6) is 0. The average Bonchev–Trinajstić information content (AvgIpc) is 2.36. The van der Waals surface area contributed by atoms with E-state index in [4.69, 9.17) is 18.6 Å². The number of rotatable bonds is 0. The summed E-state index contributed by atoms with van der Waals surface area (Å²) in [6, 6.07) is 11.1. The minimum absolute atomic E-state index is 0.230. The summed E-state index contributed by atoms with van der Waals surface area (Å²) in [5.41, 5.74) is 3.23. The topological polar surface area (TPSA) is 92.2 Å². The van der Waals surface area contributed by atoms with Crippen molar-refractivity contribution in [3.05, 3.63) is 41.5 Å². The van der Waals surface area contributed by atoms with Crippen molar-refractivity contribution >= 4 is 0 Å². The molecule has 0 aliphatic heterocycles. The summed E-state index contributed by atoms with van der Waals surface area (Å²) in [6.07, 6.45) is 0. The zero-order valence-corrected chi connectivity index (χ0v) is 13.7. The van der Waals surface area contributed by atoms with Gasteiger partial charge in [0.2, 0.25) is 0 Å². The molecule has 0 fully saturated rings. The highest BCUT2D eigenvalue weighted by atomic mass is 35.7. The fraction of sp³-hybridized carbons (Fsp3) is 0.533. The van der Waals surface area contributed by atoms with Crippen LogP contribution in [0.1, 0.15) is 52.7 Å². The lowest BCUT2D eigenvalue weighted by atomic mass is 9.87. The smallest absolute Gasteiger partial charge is 0.0574 e. The average molecular weight is 303 g/mol. The number of hydrogen-bond donors (Lipinski definition) is 0. The Balaban J connectivity index is 0.000000621. The molecule has 0 atom stereocenters. The summed E-state index contributed by atoms with van der Waals surface area (Å²) in [4.78, 5) is 0. The van der Waals surface area contributed by atoms with Crippen LogP contribution in [-0.2, 0) is 10.8 Å². The van der Waals surface area contributed by atoms with Crippen molar-refractivity contribution in [3.8, 4) is 0 Å². The molecule has 1 aromatic rings. The van der Waals surface area contributed by atoms with Gasteiger partial charge in [0.05, 0.1) is 17.7 Å². The molecule has 0 saturated carbocycles. The normalized spacial score (nSPS) is 12.5. The lowest BCUT2D eigenvalue weighted by Gasteiger charge is -2.17. The number of hydrogen-bond acceptors (Lipinski definition) is 4. The SMILES string of the molecule is CC(C)(C)c1ccc[c+](C(C)(C)C)cc1.[O-][Cl+3]([O-])([O-])[O-]. The van der Waals surface area contributed by atoms with Gasteiger partial charge in [-0.05, 0) is 20.8 Å². The van der Waals surface area contributed by atoms with Gasteiger partial charge in [0.15, 0.2) is 0 Å². The Bertz CT molecular complexity index is 391. The Morgan fingerprint density at radius 1 is 0.850 bits per heavy atom. The van der Waals surface area contributed by atoms with E-state index in [9.17, 15) is 0 Å². The summed E-state index contributed by atoms with van der Waals surface area (Å²) in [6.45, 7) is 13.5. The van der Waals surface area contributed by atoms with Gasteiger partial charge in [-0.25, -0.2) is 18.6 Å². The second kappa shape index (κ2) is 6.78. The van der Waals surface area contributed by atoms with Crippen molar-refractivity contribution in [1.82, 2.24) is 0 Å². The Morgan fingerprint density at radius 2 is 1.30 bits per heavy atom. The van der Waals surface area contributed by atoms with Crippen molar-refractivity contribution in [3.63, 3.8) is 0 Å². The molecular formula is C15H23ClO4. The monoisotopic (exact) mass is 302 g/mol. The van der Waals surface area contributed by atoms with Gasteiger partial charge in [-0.2, -0.15) is 0 Å². The molecule has 4 nitrogen and oxygen atoms in total. The Kier molecular flexibility index (Phi) is 6.52. The van der Waals surface area contributed by atoms with E-state index >= 15 is 0 Å². The lowest BCUT2D eigenvalue weighted by Crippen LogP contribution is -2.68. The fourth-order valence-electron chi connectivity index (χ4n) is 1.55. The van der Waals surface area contributed by atoms with Gasteiger partial charge in [-0.1, -0.05) is 20.8 Å². The molecule has 0 radical (unpaired) electrons. The Hall–Kier alpha value is -0.780. The molecule has 114 valence electrons. The van der Waals surface area contributed by atoms with E-state index in [-0.39, 0.29) is 10.8 Å². The van der Waals surface area contributed by atoms with E-state index in [2.05, 4.69) is 71.9 Å². The molecule has 0 heterocycles. The van der Waals surface area contributed by atoms with Crippen LogP contribution in [0.25, 0.3) is 0 Å². The van der Waals surface area contributed by atoms with Crippen LogP contribution >= 0.6 is 0 Å². The summed E-state index contributed by atoms with van der Waals surface area (Å²) in [7, 11) is -4.94. The van der Waals surface area contributed by atoms with Crippen molar-refractivity contribution < 1.29 is 28.9 Å². The van der Waals surface area contributed by atoms with Crippen LogP contribution in [0.4, 0.5) is 0 Å². The van der Waals surface area contributed by atoms with Gasteiger partial charge in [-0.15, -0.1) is 10.2 Å². The quantitative estimate of drug-likeness (QED) is 0.621. The van der Waals surface area contributed by atoms with Crippen molar-refractivity contribution in [2.75, 3.05) is 0 Å². The first-order valence-electron chi connectivity index (χ1n) is 6.27. The first-order valence-corrected chi connectivity index (χ1v) is 7.51. The maximum absolute atomic E-state index is 8.49. The first kappa shape index (κ1) is 19.2. The molecule has 0 aliphatic carbocycles. The minimum Gasteiger partial charge on any atom is -0.222 e. The largest absolute Gasteiger partial charge is 0.222 e. The number of halogens is 1. The summed E-state index contributed by atoms with van der Waals surface area (Å²) in [5, 5.41) is 0. The maximum Gasteiger partial charge on any atom is 0.0574 e. The molecular weight excluding hydrogens is 280 g/mol. The Morgan fingerprint density at radius 3 is 1.65 bits per heavy atom. The van der Waals surface area contributed by atoms with E-state index in [1.807, 2.05) is 0 Å². The van der Waals surface area contributed by atoms with Crippen molar-refractivity contribution in [2.45, 2.75) is 52.4 Å². The van der Waals surface area contributed by atoms with Crippen LogP contribution in [0, 0.1) is 10.2 Å². The molecule has 0 unspecified atom stereocenters. The van der Waals surface area contributed by atoms with E-state index < -0.39 is 10.2 Å². The molecule has 0 saturated heterocycles. The maximum atomic E-state index is 8.49. The lowest BCUT2D eigenvalue weighted by molar-refractivity contribution is -2.00. The third-order valence-electron chi connectivity index (χ3n) is 2.73. The second-order valence-electron chi connectivity index (χ2n) is 6.65. The molecule has 5 heteroatoms. The Labute approximate surface area is 123 Å². The highest BCUT2D eigenvalue weighted by Crippen LogP contribution is 2.25. The third-order valence-corrected chi connectivity index (χ3v) is 2.73. The van der Waals surface area contributed by atoms with Crippen molar-refractivity contribution in [2.24, 2.45) is 0 Å². The molecule has 1 rings (SSSR count). The van der Waals surface area contributed by atoms with E-state index in [0.29, 0.717) is 0 Å². The van der Waals surface area contributed by atoms with E-state index in [1.165, 1.54) is 11.1 Å². The zero-order chi connectivity index (χ0) is 16.2. The van der Waals surface area contributed by atoms with Gasteiger partial charge in [0, 0.05) is 34.6 Å². The molecule has 0 amide bonds.